The molecule has 0 aliphatic carbocycles. The van der Waals surface area contributed by atoms with Gasteiger partial charge in [0, 0.05) is 10.8 Å². The third-order valence-corrected chi connectivity index (χ3v) is 4.76. The largest absolute Gasteiger partial charge is 0.306 e. The molecule has 1 N–H and O–H groups in total. The summed E-state index contributed by atoms with van der Waals surface area (Å²) in [6.07, 6.45) is 2.30. The maximum Gasteiger partial charge on any atom is 0.113 e. The van der Waals surface area contributed by atoms with E-state index in [-0.39, 0.29) is 11.0 Å². The molecule has 0 aliphatic rings. The highest BCUT2D eigenvalue weighted by Crippen LogP contribution is 2.38. The molecule has 0 atom stereocenters. The van der Waals surface area contributed by atoms with Crippen molar-refractivity contribution in [3.05, 3.63) is 16.1 Å². The fourth-order valence-corrected chi connectivity index (χ4v) is 4.29. The van der Waals surface area contributed by atoms with Gasteiger partial charge in [0.25, 0.3) is 0 Å². The van der Waals surface area contributed by atoms with Crippen LogP contribution in [0.1, 0.15) is 78.9 Å². The summed E-state index contributed by atoms with van der Waals surface area (Å²) in [5, 5.41) is 7.31. The predicted octanol–water partition coefficient (Wildman–Crippen LogP) is 5.34. The lowest BCUT2D eigenvalue weighted by atomic mass is 9.82. The Balaban J connectivity index is 3.23. The summed E-state index contributed by atoms with van der Waals surface area (Å²) < 4.78 is 0. The van der Waals surface area contributed by atoms with E-state index in [2.05, 4.69) is 66.1 Å². The summed E-state index contributed by atoms with van der Waals surface area (Å²) in [7, 11) is 0. The highest BCUT2D eigenvalue weighted by molar-refractivity contribution is 7.09. The normalized spacial score (nSPS) is 13.4. The number of hydrogen-bond donors (Lipinski definition) is 1. The molecule has 3 heteroatoms. The Labute approximate surface area is 135 Å². The molecule has 0 aromatic carbocycles. The predicted molar refractivity (Wildman–Crippen MR) is 95.1 cm³/mol. The monoisotopic (exact) mass is 310 g/mol. The summed E-state index contributed by atoms with van der Waals surface area (Å²) in [4.78, 5) is 5.03. The van der Waals surface area contributed by atoms with Gasteiger partial charge < -0.3 is 5.32 Å². The van der Waals surface area contributed by atoms with Crippen molar-refractivity contribution in [3.63, 3.8) is 0 Å². The first kappa shape index (κ1) is 18.6. The number of hydrogen-bond acceptors (Lipinski definition) is 3. The molecule has 0 amide bonds. The molecule has 0 fully saturated rings. The van der Waals surface area contributed by atoms with Crippen molar-refractivity contribution in [2.45, 2.75) is 79.2 Å². The highest BCUT2D eigenvalue weighted by atomic mass is 32.1. The van der Waals surface area contributed by atoms with Crippen LogP contribution in [0.15, 0.2) is 5.38 Å². The van der Waals surface area contributed by atoms with Crippen molar-refractivity contribution in [1.29, 1.82) is 0 Å². The van der Waals surface area contributed by atoms with Gasteiger partial charge in [-0.2, -0.15) is 0 Å². The van der Waals surface area contributed by atoms with Crippen LogP contribution in [-0.4, -0.2) is 11.5 Å². The zero-order valence-corrected chi connectivity index (χ0v) is 16.0. The fourth-order valence-electron chi connectivity index (χ4n) is 3.05. The van der Waals surface area contributed by atoms with Gasteiger partial charge in [-0.05, 0) is 31.2 Å². The minimum Gasteiger partial charge on any atom is -0.306 e. The Morgan fingerprint density at radius 1 is 1.10 bits per heavy atom. The van der Waals surface area contributed by atoms with Gasteiger partial charge in [-0.25, -0.2) is 4.98 Å². The van der Waals surface area contributed by atoms with Crippen LogP contribution in [-0.2, 0) is 11.0 Å². The molecule has 122 valence electrons. The highest BCUT2D eigenvalue weighted by Gasteiger charge is 2.36. The van der Waals surface area contributed by atoms with Gasteiger partial charge >= 0.3 is 0 Å². The number of nitrogens with one attached hydrogen (secondary N) is 1. The van der Waals surface area contributed by atoms with Gasteiger partial charge in [0.15, 0.2) is 0 Å². The third-order valence-electron chi connectivity index (χ3n) is 3.71. The van der Waals surface area contributed by atoms with E-state index < -0.39 is 0 Å². The van der Waals surface area contributed by atoms with E-state index in [1.165, 1.54) is 10.7 Å². The van der Waals surface area contributed by atoms with Crippen molar-refractivity contribution in [2.24, 2.45) is 11.8 Å². The third kappa shape index (κ3) is 5.07. The number of aromatic nitrogens is 1. The number of thiazole rings is 1. The summed E-state index contributed by atoms with van der Waals surface area (Å²) >= 11 is 1.83. The average molecular weight is 311 g/mol. The molecule has 0 spiro atoms. The molecule has 0 saturated carbocycles. The molecule has 0 unspecified atom stereocenters. The van der Waals surface area contributed by atoms with Gasteiger partial charge in [0.2, 0.25) is 0 Å². The van der Waals surface area contributed by atoms with E-state index in [0.29, 0.717) is 11.8 Å². The molecule has 21 heavy (non-hydrogen) atoms. The first-order valence-corrected chi connectivity index (χ1v) is 9.20. The van der Waals surface area contributed by atoms with Gasteiger partial charge in [0.05, 0.1) is 11.2 Å². The molecular formula is C18H34N2S. The molecular weight excluding hydrogens is 276 g/mol. The lowest BCUT2D eigenvalue weighted by Gasteiger charge is -2.36. The Kier molecular flexibility index (Phi) is 6.42. The topological polar surface area (TPSA) is 24.9 Å². The van der Waals surface area contributed by atoms with Crippen LogP contribution in [0.3, 0.4) is 0 Å². The smallest absolute Gasteiger partial charge is 0.113 e. The minimum atomic E-state index is 0.0330. The van der Waals surface area contributed by atoms with Gasteiger partial charge in [-0.15, -0.1) is 11.3 Å². The number of nitrogens with zero attached hydrogens (tertiary/aromatic N) is 1. The van der Waals surface area contributed by atoms with E-state index in [4.69, 9.17) is 4.98 Å². The lowest BCUT2D eigenvalue weighted by molar-refractivity contribution is 0.227. The van der Waals surface area contributed by atoms with Crippen molar-refractivity contribution in [3.8, 4) is 0 Å². The van der Waals surface area contributed by atoms with Gasteiger partial charge in [-0.3, -0.25) is 0 Å². The van der Waals surface area contributed by atoms with Crippen LogP contribution in [0.5, 0.6) is 0 Å². The molecule has 0 bridgehead atoms. The van der Waals surface area contributed by atoms with Crippen LogP contribution >= 0.6 is 11.3 Å². The molecule has 0 aliphatic heterocycles. The van der Waals surface area contributed by atoms with Crippen LogP contribution < -0.4 is 5.32 Å². The van der Waals surface area contributed by atoms with E-state index in [9.17, 15) is 0 Å². The Morgan fingerprint density at radius 3 is 1.95 bits per heavy atom. The number of rotatable bonds is 7. The van der Waals surface area contributed by atoms with Crippen molar-refractivity contribution in [1.82, 2.24) is 10.3 Å². The van der Waals surface area contributed by atoms with E-state index >= 15 is 0 Å². The summed E-state index contributed by atoms with van der Waals surface area (Å²) in [6.45, 7) is 19.2. The molecule has 1 aromatic rings. The van der Waals surface area contributed by atoms with Crippen molar-refractivity contribution >= 4 is 11.3 Å². The quantitative estimate of drug-likeness (QED) is 0.735. The van der Waals surface area contributed by atoms with Gasteiger partial charge in [0.1, 0.15) is 5.01 Å². The van der Waals surface area contributed by atoms with E-state index in [0.717, 1.165) is 19.4 Å². The Hall–Kier alpha value is -0.410. The zero-order chi connectivity index (χ0) is 16.3. The zero-order valence-electron chi connectivity index (χ0n) is 15.2. The molecule has 0 radical (unpaired) electrons. The molecule has 1 aromatic heterocycles. The SMILES string of the molecule is CCNC(CC(C)C)(CC(C)C)c1nc(C(C)(C)C)cs1. The summed E-state index contributed by atoms with van der Waals surface area (Å²) in [5.41, 5.74) is 1.38. The minimum absolute atomic E-state index is 0.0330. The fraction of sp³-hybridized carbons (Fsp3) is 0.833. The standard InChI is InChI=1S/C18H34N2S/c1-9-19-18(10-13(2)3,11-14(4)5)16-20-15(12-21-16)17(6,7)8/h12-14,19H,9-11H2,1-8H3. The van der Waals surface area contributed by atoms with Crippen LogP contribution in [0.2, 0.25) is 0 Å². The first-order valence-electron chi connectivity index (χ1n) is 8.32. The molecule has 1 rings (SSSR count). The van der Waals surface area contributed by atoms with E-state index in [1.54, 1.807) is 0 Å². The second-order valence-electron chi connectivity index (χ2n) is 8.10. The summed E-state index contributed by atoms with van der Waals surface area (Å²) in [6, 6.07) is 0. The Bertz CT molecular complexity index is 417. The Morgan fingerprint density at radius 2 is 1.62 bits per heavy atom. The second-order valence-corrected chi connectivity index (χ2v) is 8.95. The lowest BCUT2D eigenvalue weighted by Crippen LogP contribution is -2.44. The maximum atomic E-state index is 5.03. The first-order chi connectivity index (χ1) is 9.60. The molecule has 1 heterocycles. The van der Waals surface area contributed by atoms with Crippen molar-refractivity contribution < 1.29 is 0 Å². The summed E-state index contributed by atoms with van der Waals surface area (Å²) in [5.74, 6) is 1.31. The van der Waals surface area contributed by atoms with Crippen LogP contribution in [0.4, 0.5) is 0 Å². The van der Waals surface area contributed by atoms with Crippen LogP contribution in [0.25, 0.3) is 0 Å². The van der Waals surface area contributed by atoms with Crippen molar-refractivity contribution in [2.75, 3.05) is 6.54 Å². The maximum absolute atomic E-state index is 5.03. The molecule has 2 nitrogen and oxygen atoms in total. The van der Waals surface area contributed by atoms with Crippen LogP contribution in [0, 0.1) is 11.8 Å². The average Bonchev–Trinajstić information content (AvgIpc) is 2.75. The van der Waals surface area contributed by atoms with E-state index in [1.807, 2.05) is 11.3 Å². The molecule has 0 saturated heterocycles. The second kappa shape index (κ2) is 7.23. The van der Waals surface area contributed by atoms with Gasteiger partial charge in [-0.1, -0.05) is 55.4 Å².